The van der Waals surface area contributed by atoms with E-state index in [2.05, 4.69) is 26.8 Å². The smallest absolute Gasteiger partial charge is 0.162 e. The van der Waals surface area contributed by atoms with Gasteiger partial charge in [0, 0.05) is 24.0 Å². The van der Waals surface area contributed by atoms with E-state index in [1.54, 1.807) is 31.9 Å². The zero-order valence-electron chi connectivity index (χ0n) is 14.8. The van der Waals surface area contributed by atoms with Crippen molar-refractivity contribution in [2.45, 2.75) is 31.7 Å². The molecule has 6 nitrogen and oxygen atoms in total. The number of allylic oxidation sites excluding steroid dienone is 1. The van der Waals surface area contributed by atoms with Crippen LogP contribution in [0.4, 0.5) is 5.82 Å². The van der Waals surface area contributed by atoms with Crippen LogP contribution in [0.5, 0.6) is 5.75 Å². The normalized spacial score (nSPS) is 15.2. The summed E-state index contributed by atoms with van der Waals surface area (Å²) in [6.07, 6.45) is 11.2. The van der Waals surface area contributed by atoms with Crippen LogP contribution in [-0.2, 0) is 0 Å². The molecule has 3 heterocycles. The fraction of sp³-hybridized carbons (Fsp3) is 0.300. The van der Waals surface area contributed by atoms with Crippen LogP contribution >= 0.6 is 0 Å². The molecule has 1 fully saturated rings. The number of hydrogen-bond acceptors (Lipinski definition) is 6. The van der Waals surface area contributed by atoms with E-state index in [9.17, 15) is 0 Å². The highest BCUT2D eigenvalue weighted by molar-refractivity contribution is 5.95. The van der Waals surface area contributed by atoms with Gasteiger partial charge in [-0.25, -0.2) is 9.97 Å². The highest BCUT2D eigenvalue weighted by Gasteiger charge is 2.20. The van der Waals surface area contributed by atoms with Crippen LogP contribution in [0.25, 0.3) is 22.3 Å². The number of methoxy groups -OCH3 is 1. The molecule has 1 aliphatic rings. The number of aromatic nitrogens is 4. The highest BCUT2D eigenvalue weighted by atomic mass is 16.5. The van der Waals surface area contributed by atoms with Crippen LogP contribution in [0.2, 0.25) is 0 Å². The Bertz CT molecular complexity index is 932. The Morgan fingerprint density at radius 1 is 1.08 bits per heavy atom. The van der Waals surface area contributed by atoms with Gasteiger partial charge in [-0.1, -0.05) is 12.2 Å². The fourth-order valence-electron chi connectivity index (χ4n) is 3.31. The number of ether oxygens (including phenoxy) is 1. The largest absolute Gasteiger partial charge is 0.494 e. The topological polar surface area (TPSA) is 72.8 Å². The van der Waals surface area contributed by atoms with Crippen molar-refractivity contribution in [2.24, 2.45) is 0 Å². The summed E-state index contributed by atoms with van der Waals surface area (Å²) in [6, 6.07) is 4.17. The van der Waals surface area contributed by atoms with Crippen molar-refractivity contribution in [1.82, 2.24) is 19.9 Å². The van der Waals surface area contributed by atoms with Crippen LogP contribution in [0.15, 0.2) is 49.1 Å². The molecule has 1 saturated carbocycles. The van der Waals surface area contributed by atoms with Gasteiger partial charge < -0.3 is 10.1 Å². The van der Waals surface area contributed by atoms with Crippen LogP contribution in [-0.4, -0.2) is 33.1 Å². The molecule has 0 unspecified atom stereocenters. The summed E-state index contributed by atoms with van der Waals surface area (Å²) < 4.78 is 5.51. The van der Waals surface area contributed by atoms with Crippen molar-refractivity contribution in [3.05, 3.63) is 49.1 Å². The van der Waals surface area contributed by atoms with Crippen LogP contribution in [0, 0.1) is 0 Å². The first-order valence-corrected chi connectivity index (χ1v) is 8.78. The Morgan fingerprint density at radius 3 is 2.58 bits per heavy atom. The number of rotatable bonds is 4. The summed E-state index contributed by atoms with van der Waals surface area (Å²) in [7, 11) is 1.64. The lowest BCUT2D eigenvalue weighted by molar-refractivity contribution is 0.418. The third kappa shape index (κ3) is 3.22. The molecule has 0 bridgehead atoms. The van der Waals surface area contributed by atoms with E-state index in [0.29, 0.717) is 17.6 Å². The molecular formula is C20H21N5O. The number of nitrogens with zero attached hydrogens (tertiary/aromatic N) is 4. The van der Waals surface area contributed by atoms with E-state index in [1.807, 2.05) is 12.1 Å². The lowest BCUT2D eigenvalue weighted by Crippen LogP contribution is -2.24. The molecule has 1 N–H and O–H groups in total. The van der Waals surface area contributed by atoms with Crippen molar-refractivity contribution >= 4 is 16.7 Å². The van der Waals surface area contributed by atoms with Crippen molar-refractivity contribution < 1.29 is 4.74 Å². The third-order valence-corrected chi connectivity index (χ3v) is 4.76. The predicted molar refractivity (Wildman–Crippen MR) is 102 cm³/mol. The first-order chi connectivity index (χ1) is 12.7. The quantitative estimate of drug-likeness (QED) is 0.719. The Morgan fingerprint density at radius 2 is 1.85 bits per heavy atom. The summed E-state index contributed by atoms with van der Waals surface area (Å²) in [5.74, 6) is 2.11. The van der Waals surface area contributed by atoms with E-state index in [1.165, 1.54) is 5.57 Å². The minimum absolute atomic E-state index is 0.363. The number of nitrogens with one attached hydrogen (secondary N) is 1. The van der Waals surface area contributed by atoms with Gasteiger partial charge in [0.05, 0.1) is 30.4 Å². The summed E-state index contributed by atoms with van der Waals surface area (Å²) in [5, 5.41) is 4.48. The molecule has 0 radical (unpaired) electrons. The molecule has 4 rings (SSSR count). The van der Waals surface area contributed by atoms with Crippen molar-refractivity contribution in [1.29, 1.82) is 0 Å². The van der Waals surface area contributed by atoms with Gasteiger partial charge in [-0.3, -0.25) is 9.97 Å². The maximum absolute atomic E-state index is 5.51. The maximum atomic E-state index is 5.51. The van der Waals surface area contributed by atoms with E-state index in [-0.39, 0.29) is 0 Å². The number of pyridine rings is 2. The van der Waals surface area contributed by atoms with Gasteiger partial charge in [0.2, 0.25) is 0 Å². The average Bonchev–Trinajstić information content (AvgIpc) is 2.69. The Labute approximate surface area is 152 Å². The number of hydrogen-bond donors (Lipinski definition) is 1. The molecule has 3 aromatic rings. The van der Waals surface area contributed by atoms with Crippen LogP contribution in [0.3, 0.4) is 0 Å². The monoisotopic (exact) mass is 347 g/mol. The van der Waals surface area contributed by atoms with Crippen molar-refractivity contribution in [2.75, 3.05) is 12.4 Å². The van der Waals surface area contributed by atoms with Gasteiger partial charge in [-0.05, 0) is 37.8 Å². The Hall–Kier alpha value is -3.02. The van der Waals surface area contributed by atoms with E-state index >= 15 is 0 Å². The van der Waals surface area contributed by atoms with Gasteiger partial charge >= 0.3 is 0 Å². The lowest BCUT2D eigenvalue weighted by Gasteiger charge is -2.25. The van der Waals surface area contributed by atoms with Gasteiger partial charge in [-0.15, -0.1) is 0 Å². The van der Waals surface area contributed by atoms with Crippen molar-refractivity contribution in [3.8, 4) is 17.1 Å². The van der Waals surface area contributed by atoms with Crippen molar-refractivity contribution in [3.63, 3.8) is 0 Å². The molecule has 0 atom stereocenters. The predicted octanol–water partition coefficient (Wildman–Crippen LogP) is 4.01. The fourth-order valence-corrected chi connectivity index (χ4v) is 3.31. The van der Waals surface area contributed by atoms with Gasteiger partial charge in [-0.2, -0.15) is 0 Å². The summed E-state index contributed by atoms with van der Waals surface area (Å²) in [4.78, 5) is 17.8. The summed E-state index contributed by atoms with van der Waals surface area (Å²) in [6.45, 7) is 4.10. The highest BCUT2D eigenvalue weighted by Crippen LogP contribution is 2.33. The first kappa shape index (κ1) is 16.4. The van der Waals surface area contributed by atoms with Gasteiger partial charge in [0.15, 0.2) is 5.82 Å². The number of anilines is 1. The Balaban J connectivity index is 1.80. The molecule has 0 amide bonds. The zero-order chi connectivity index (χ0) is 17.9. The van der Waals surface area contributed by atoms with Crippen LogP contribution < -0.4 is 10.1 Å². The van der Waals surface area contributed by atoms with E-state index < -0.39 is 0 Å². The molecule has 26 heavy (non-hydrogen) atoms. The van der Waals surface area contributed by atoms with Crippen LogP contribution in [0.1, 0.15) is 25.7 Å². The van der Waals surface area contributed by atoms with Gasteiger partial charge in [0.1, 0.15) is 11.6 Å². The van der Waals surface area contributed by atoms with Gasteiger partial charge in [0.25, 0.3) is 0 Å². The first-order valence-electron chi connectivity index (χ1n) is 8.78. The average molecular weight is 347 g/mol. The second-order valence-electron chi connectivity index (χ2n) is 6.54. The standard InChI is InChI=1S/C20H21N5O/c1-13-3-5-15(6-4-13)23-20-18-16(11-22-12-17(18)26-2)24-19(25-20)14-7-9-21-10-8-14/h7-12,15H,1,3-6H2,2H3,(H,23,24,25). The molecule has 1 aliphatic carbocycles. The molecule has 0 aliphatic heterocycles. The molecule has 0 spiro atoms. The third-order valence-electron chi connectivity index (χ3n) is 4.76. The Kier molecular flexibility index (Phi) is 4.48. The second kappa shape index (κ2) is 7.07. The second-order valence-corrected chi connectivity index (χ2v) is 6.54. The molecule has 132 valence electrons. The zero-order valence-corrected chi connectivity index (χ0v) is 14.8. The molecule has 6 heteroatoms. The molecule has 0 saturated heterocycles. The number of fused-ring (bicyclic) bond motifs is 1. The minimum Gasteiger partial charge on any atom is -0.494 e. The SMILES string of the molecule is C=C1CCC(Nc2nc(-c3ccncc3)nc3cncc(OC)c23)CC1. The lowest BCUT2D eigenvalue weighted by atomic mass is 9.92. The molecule has 3 aromatic heterocycles. The summed E-state index contributed by atoms with van der Waals surface area (Å²) >= 11 is 0. The maximum Gasteiger partial charge on any atom is 0.162 e. The minimum atomic E-state index is 0.363. The van der Waals surface area contributed by atoms with E-state index in [0.717, 1.165) is 48.0 Å². The van der Waals surface area contributed by atoms with E-state index in [4.69, 9.17) is 9.72 Å². The molecular weight excluding hydrogens is 326 g/mol. The summed E-state index contributed by atoms with van der Waals surface area (Å²) in [5.41, 5.74) is 3.01. The molecule has 0 aromatic carbocycles.